The molecule has 25 heavy (non-hydrogen) atoms. The highest BCUT2D eigenvalue weighted by molar-refractivity contribution is 7.90. The van der Waals surface area contributed by atoms with Gasteiger partial charge in [-0.1, -0.05) is 28.4 Å². The fourth-order valence-electron chi connectivity index (χ4n) is 2.28. The molecule has 0 spiro atoms. The van der Waals surface area contributed by atoms with Crippen molar-refractivity contribution in [3.8, 4) is 5.69 Å². The number of sulfone groups is 1. The number of benzene rings is 1. The molecule has 0 saturated heterocycles. The Labute approximate surface area is 150 Å². The first-order valence-electron chi connectivity index (χ1n) is 6.42. The van der Waals surface area contributed by atoms with Gasteiger partial charge in [-0.2, -0.15) is 18.3 Å². The first-order chi connectivity index (χ1) is 11.4. The summed E-state index contributed by atoms with van der Waals surface area (Å²) in [6.07, 6.45) is -3.12. The topological polar surface area (TPSA) is 84.6 Å². The van der Waals surface area contributed by atoms with Gasteiger partial charge >= 0.3 is 6.18 Å². The summed E-state index contributed by atoms with van der Waals surface area (Å²) in [6.45, 7) is 1.31. The molecule has 12 heteroatoms. The number of hydrogen-bond acceptors (Lipinski definition) is 5. The lowest BCUT2D eigenvalue weighted by Crippen LogP contribution is -2.10. The Morgan fingerprint density at radius 3 is 2.40 bits per heavy atom. The van der Waals surface area contributed by atoms with Crippen molar-refractivity contribution < 1.29 is 26.8 Å². The minimum atomic E-state index is -4.74. The third kappa shape index (κ3) is 3.60. The summed E-state index contributed by atoms with van der Waals surface area (Å²) < 4.78 is 64.0. The van der Waals surface area contributed by atoms with E-state index in [1.165, 1.54) is 6.92 Å². The predicted octanol–water partition coefficient (Wildman–Crippen LogP) is 3.72. The molecule has 0 radical (unpaired) electrons. The summed E-state index contributed by atoms with van der Waals surface area (Å²) in [5.74, 6) is 0. The van der Waals surface area contributed by atoms with Crippen molar-refractivity contribution >= 4 is 39.3 Å². The molecule has 0 unspecified atom stereocenters. The van der Waals surface area contributed by atoms with Gasteiger partial charge in [0, 0.05) is 6.26 Å². The Morgan fingerprint density at radius 2 is 1.92 bits per heavy atom. The zero-order chi connectivity index (χ0) is 19.2. The summed E-state index contributed by atoms with van der Waals surface area (Å²) >= 11 is 11.8. The van der Waals surface area contributed by atoms with Crippen LogP contribution in [0.2, 0.25) is 10.0 Å². The van der Waals surface area contributed by atoms with Crippen LogP contribution < -0.4 is 0 Å². The minimum absolute atomic E-state index is 0.0412. The molecule has 1 heterocycles. The van der Waals surface area contributed by atoms with E-state index < -0.39 is 26.6 Å². The first-order valence-corrected chi connectivity index (χ1v) is 9.07. The number of halogens is 5. The molecular weight excluding hydrogens is 406 g/mol. The Morgan fingerprint density at radius 1 is 1.32 bits per heavy atom. The van der Waals surface area contributed by atoms with Gasteiger partial charge in [0.1, 0.15) is 16.3 Å². The predicted molar refractivity (Wildman–Crippen MR) is 85.8 cm³/mol. The lowest BCUT2D eigenvalue weighted by molar-refractivity contribution is -0.137. The Kier molecular flexibility index (Phi) is 5.08. The van der Waals surface area contributed by atoms with Gasteiger partial charge in [0.2, 0.25) is 0 Å². The van der Waals surface area contributed by atoms with Crippen molar-refractivity contribution in [2.24, 2.45) is 5.16 Å². The Bertz CT molecular complexity index is 969. The molecular formula is C13H10Cl2F3N3O3S. The van der Waals surface area contributed by atoms with Crippen LogP contribution in [0.5, 0.6) is 0 Å². The third-order valence-corrected chi connectivity index (χ3v) is 5.16. The smallest absolute Gasteiger partial charge is 0.411 e. The highest BCUT2D eigenvalue weighted by Crippen LogP contribution is 2.41. The zero-order valence-electron chi connectivity index (χ0n) is 12.6. The van der Waals surface area contributed by atoms with E-state index in [2.05, 4.69) is 10.3 Å². The van der Waals surface area contributed by atoms with E-state index in [-0.39, 0.29) is 27.0 Å². The lowest BCUT2D eigenvalue weighted by atomic mass is 10.2. The molecule has 2 aromatic rings. The summed E-state index contributed by atoms with van der Waals surface area (Å²) in [4.78, 5) is -0.324. The fourth-order valence-corrected chi connectivity index (χ4v) is 4.01. The molecule has 1 aromatic heterocycles. The van der Waals surface area contributed by atoms with Gasteiger partial charge in [0.25, 0.3) is 0 Å². The van der Waals surface area contributed by atoms with Gasteiger partial charge in [-0.15, -0.1) is 0 Å². The van der Waals surface area contributed by atoms with Gasteiger partial charge in [-0.05, 0) is 19.1 Å². The number of nitrogens with zero attached hydrogens (tertiary/aromatic N) is 3. The molecule has 0 atom stereocenters. The van der Waals surface area contributed by atoms with E-state index in [1.807, 2.05) is 0 Å². The van der Waals surface area contributed by atoms with Crippen LogP contribution in [-0.4, -0.2) is 35.9 Å². The highest BCUT2D eigenvalue weighted by atomic mass is 35.5. The van der Waals surface area contributed by atoms with E-state index in [9.17, 15) is 21.6 Å². The average Bonchev–Trinajstić information content (AvgIpc) is 2.74. The van der Waals surface area contributed by atoms with Crippen molar-refractivity contribution in [1.29, 1.82) is 0 Å². The second-order valence-electron chi connectivity index (χ2n) is 4.98. The largest absolute Gasteiger partial charge is 0.417 e. The average molecular weight is 416 g/mol. The molecule has 0 fully saturated rings. The zero-order valence-corrected chi connectivity index (χ0v) is 15.0. The number of aromatic nitrogens is 2. The Hall–Kier alpha value is -1.78. The van der Waals surface area contributed by atoms with Crippen molar-refractivity contribution in [1.82, 2.24) is 9.78 Å². The maximum atomic E-state index is 13.1. The standard InChI is InChI=1S/C13H10Cl2F3N3O3S/c1-6-12(25(2,23)24)9(5-19-22)20-21(6)11-8(14)4-3-7(10(11)15)13(16,17)18/h3-5,22H,1-2H3. The monoisotopic (exact) mass is 415 g/mol. The van der Waals surface area contributed by atoms with Crippen LogP contribution in [0.3, 0.4) is 0 Å². The summed E-state index contributed by atoms with van der Waals surface area (Å²) in [6, 6.07) is 1.69. The van der Waals surface area contributed by atoms with Crippen molar-refractivity contribution in [3.63, 3.8) is 0 Å². The maximum Gasteiger partial charge on any atom is 0.417 e. The van der Waals surface area contributed by atoms with E-state index in [4.69, 9.17) is 28.4 Å². The van der Waals surface area contributed by atoms with E-state index in [0.717, 1.165) is 23.2 Å². The summed E-state index contributed by atoms with van der Waals surface area (Å²) in [5, 5.41) is 14.3. The van der Waals surface area contributed by atoms with Gasteiger partial charge in [-0.3, -0.25) is 0 Å². The SMILES string of the molecule is Cc1c(S(C)(=O)=O)c(C=NO)nn1-c1c(Cl)ccc(C(F)(F)F)c1Cl. The number of rotatable bonds is 3. The number of hydrogen-bond donors (Lipinski definition) is 1. The van der Waals surface area contributed by atoms with Crippen molar-refractivity contribution in [2.75, 3.05) is 6.26 Å². The maximum absolute atomic E-state index is 13.1. The molecule has 0 saturated carbocycles. The second kappa shape index (κ2) is 6.50. The van der Waals surface area contributed by atoms with E-state index in [0.29, 0.717) is 6.07 Å². The normalized spacial score (nSPS) is 12.9. The Balaban J connectivity index is 2.89. The van der Waals surface area contributed by atoms with Crippen LogP contribution >= 0.6 is 23.2 Å². The van der Waals surface area contributed by atoms with Crippen molar-refractivity contribution in [2.45, 2.75) is 18.0 Å². The van der Waals surface area contributed by atoms with Crippen LogP contribution in [0.25, 0.3) is 5.69 Å². The van der Waals surface area contributed by atoms with Gasteiger partial charge in [0.05, 0.1) is 27.5 Å². The molecule has 1 aromatic carbocycles. The quantitative estimate of drug-likeness (QED) is 0.470. The number of oxime groups is 1. The molecule has 0 bridgehead atoms. The van der Waals surface area contributed by atoms with E-state index in [1.54, 1.807) is 0 Å². The summed E-state index contributed by atoms with van der Waals surface area (Å²) in [7, 11) is -3.83. The molecule has 1 N–H and O–H groups in total. The lowest BCUT2D eigenvalue weighted by Gasteiger charge is -2.15. The molecule has 6 nitrogen and oxygen atoms in total. The van der Waals surface area contributed by atoms with E-state index >= 15 is 0 Å². The minimum Gasteiger partial charge on any atom is -0.411 e. The third-order valence-electron chi connectivity index (χ3n) is 3.22. The van der Waals surface area contributed by atoms with Gasteiger partial charge in [0.15, 0.2) is 9.84 Å². The molecule has 0 aliphatic carbocycles. The van der Waals surface area contributed by atoms with Crippen molar-refractivity contribution in [3.05, 3.63) is 39.1 Å². The molecule has 0 aliphatic heterocycles. The van der Waals surface area contributed by atoms with Crippen LogP contribution in [-0.2, 0) is 16.0 Å². The highest BCUT2D eigenvalue weighted by Gasteiger charge is 2.36. The molecule has 2 rings (SSSR count). The second-order valence-corrected chi connectivity index (χ2v) is 7.72. The number of alkyl halides is 3. The fraction of sp³-hybridized carbons (Fsp3) is 0.231. The van der Waals surface area contributed by atoms with Crippen LogP contribution in [0.1, 0.15) is 17.0 Å². The van der Waals surface area contributed by atoms with Crippen LogP contribution in [0.4, 0.5) is 13.2 Å². The molecule has 0 aliphatic rings. The van der Waals surface area contributed by atoms with Crippen LogP contribution in [0, 0.1) is 6.92 Å². The summed E-state index contributed by atoms with van der Waals surface area (Å²) in [5.41, 5.74) is -1.80. The van der Waals surface area contributed by atoms with Crippen LogP contribution in [0.15, 0.2) is 22.2 Å². The first kappa shape index (κ1) is 19.5. The molecule has 0 amide bonds. The molecule has 136 valence electrons. The van der Waals surface area contributed by atoms with Gasteiger partial charge < -0.3 is 5.21 Å². The van der Waals surface area contributed by atoms with Gasteiger partial charge in [-0.25, -0.2) is 13.1 Å².